The van der Waals surface area contributed by atoms with Gasteiger partial charge in [0.15, 0.2) is 5.78 Å². The molecule has 0 radical (unpaired) electrons. The Morgan fingerprint density at radius 3 is 2.73 bits per heavy atom. The summed E-state index contributed by atoms with van der Waals surface area (Å²) in [4.78, 5) is 14.4. The van der Waals surface area contributed by atoms with Gasteiger partial charge in [-0.15, -0.1) is 0 Å². The number of ether oxygens (including phenoxy) is 2. The van der Waals surface area contributed by atoms with Gasteiger partial charge in [-0.1, -0.05) is 6.07 Å². The van der Waals surface area contributed by atoms with Gasteiger partial charge in [-0.25, -0.2) is 4.39 Å². The molecule has 0 amide bonds. The van der Waals surface area contributed by atoms with Gasteiger partial charge in [0.25, 0.3) is 0 Å². The standard InChI is InChI=1S/C21H24FNO3/c1-25-18-4-2-5-19(14-18)26-20-11-13-23(15-20)12-3-6-21(24)16-7-9-17(22)10-8-16/h2,4-5,7-10,14,20H,3,6,11-13,15H2,1H3/t20-/m0/s1. The second-order valence-corrected chi connectivity index (χ2v) is 6.54. The minimum Gasteiger partial charge on any atom is -0.497 e. The van der Waals surface area contributed by atoms with Gasteiger partial charge in [-0.3, -0.25) is 9.69 Å². The number of carbonyl (C=O) groups is 1. The van der Waals surface area contributed by atoms with E-state index in [0.717, 1.165) is 44.0 Å². The molecule has 1 atom stereocenters. The lowest BCUT2D eigenvalue weighted by atomic mass is 10.1. The first-order valence-corrected chi connectivity index (χ1v) is 8.96. The number of halogens is 1. The van der Waals surface area contributed by atoms with E-state index in [9.17, 15) is 9.18 Å². The fraction of sp³-hybridized carbons (Fsp3) is 0.381. The second kappa shape index (κ2) is 8.81. The van der Waals surface area contributed by atoms with Crippen LogP contribution in [-0.4, -0.2) is 43.5 Å². The number of carbonyl (C=O) groups excluding carboxylic acids is 1. The maximum Gasteiger partial charge on any atom is 0.162 e. The Morgan fingerprint density at radius 2 is 1.96 bits per heavy atom. The predicted octanol–water partition coefficient (Wildman–Crippen LogP) is 3.95. The Morgan fingerprint density at radius 1 is 1.19 bits per heavy atom. The van der Waals surface area contributed by atoms with E-state index < -0.39 is 0 Å². The number of methoxy groups -OCH3 is 1. The van der Waals surface area contributed by atoms with Crippen molar-refractivity contribution in [1.82, 2.24) is 4.90 Å². The number of likely N-dealkylation sites (tertiary alicyclic amines) is 1. The van der Waals surface area contributed by atoms with Crippen molar-refractivity contribution >= 4 is 5.78 Å². The monoisotopic (exact) mass is 357 g/mol. The topological polar surface area (TPSA) is 38.8 Å². The summed E-state index contributed by atoms with van der Waals surface area (Å²) in [6, 6.07) is 13.4. The van der Waals surface area contributed by atoms with Gasteiger partial charge in [0.05, 0.1) is 7.11 Å². The lowest BCUT2D eigenvalue weighted by molar-refractivity contribution is 0.0975. The summed E-state index contributed by atoms with van der Waals surface area (Å²) in [5, 5.41) is 0. The molecule has 2 aromatic carbocycles. The molecule has 1 aliphatic rings. The molecule has 0 N–H and O–H groups in total. The summed E-state index contributed by atoms with van der Waals surface area (Å²) >= 11 is 0. The predicted molar refractivity (Wildman–Crippen MR) is 98.4 cm³/mol. The third-order valence-corrected chi connectivity index (χ3v) is 4.62. The van der Waals surface area contributed by atoms with Gasteiger partial charge < -0.3 is 9.47 Å². The molecule has 3 rings (SSSR count). The molecule has 0 aliphatic carbocycles. The van der Waals surface area contributed by atoms with Gasteiger partial charge in [0.2, 0.25) is 0 Å². The van der Waals surface area contributed by atoms with E-state index in [1.54, 1.807) is 19.2 Å². The van der Waals surface area contributed by atoms with Crippen molar-refractivity contribution in [2.75, 3.05) is 26.7 Å². The van der Waals surface area contributed by atoms with Crippen molar-refractivity contribution in [3.63, 3.8) is 0 Å². The zero-order chi connectivity index (χ0) is 18.4. The molecular formula is C21H24FNO3. The summed E-state index contributed by atoms with van der Waals surface area (Å²) in [5.41, 5.74) is 0.576. The fourth-order valence-corrected chi connectivity index (χ4v) is 3.21. The Kier molecular flexibility index (Phi) is 6.23. The van der Waals surface area contributed by atoms with Crippen molar-refractivity contribution in [1.29, 1.82) is 0 Å². The Balaban J connectivity index is 1.40. The van der Waals surface area contributed by atoms with Crippen molar-refractivity contribution in [2.45, 2.75) is 25.4 Å². The highest BCUT2D eigenvalue weighted by molar-refractivity contribution is 5.95. The third kappa shape index (κ3) is 5.05. The van der Waals surface area contributed by atoms with Crippen molar-refractivity contribution in [3.05, 3.63) is 59.9 Å². The Labute approximate surface area is 153 Å². The van der Waals surface area contributed by atoms with E-state index in [4.69, 9.17) is 9.47 Å². The highest BCUT2D eigenvalue weighted by atomic mass is 19.1. The van der Waals surface area contributed by atoms with Crippen molar-refractivity contribution in [3.8, 4) is 11.5 Å². The quantitative estimate of drug-likeness (QED) is 0.671. The molecule has 0 unspecified atom stereocenters. The van der Waals surface area contributed by atoms with E-state index in [1.807, 2.05) is 24.3 Å². The van der Waals surface area contributed by atoms with Crippen LogP contribution < -0.4 is 9.47 Å². The average molecular weight is 357 g/mol. The lowest BCUT2D eigenvalue weighted by Gasteiger charge is -2.17. The third-order valence-electron chi connectivity index (χ3n) is 4.62. The number of hydrogen-bond acceptors (Lipinski definition) is 4. The first kappa shape index (κ1) is 18.4. The molecule has 1 fully saturated rings. The summed E-state index contributed by atoms with van der Waals surface area (Å²) < 4.78 is 24.2. The summed E-state index contributed by atoms with van der Waals surface area (Å²) in [7, 11) is 1.64. The lowest BCUT2D eigenvalue weighted by Crippen LogP contribution is -2.26. The van der Waals surface area contributed by atoms with Crippen LogP contribution in [0.3, 0.4) is 0 Å². The highest BCUT2D eigenvalue weighted by Crippen LogP contribution is 2.23. The Bertz CT molecular complexity index is 732. The van der Waals surface area contributed by atoms with Crippen LogP contribution >= 0.6 is 0 Å². The smallest absolute Gasteiger partial charge is 0.162 e. The van der Waals surface area contributed by atoms with E-state index in [1.165, 1.54) is 12.1 Å². The molecule has 1 aliphatic heterocycles. The summed E-state index contributed by atoms with van der Waals surface area (Å²) in [6.45, 7) is 2.70. The minimum absolute atomic E-state index is 0.0633. The largest absolute Gasteiger partial charge is 0.497 e. The maximum atomic E-state index is 12.9. The summed E-state index contributed by atoms with van der Waals surface area (Å²) in [5.74, 6) is 1.36. The molecule has 138 valence electrons. The number of benzene rings is 2. The van der Waals surface area contributed by atoms with E-state index in [2.05, 4.69) is 4.90 Å². The molecule has 0 saturated carbocycles. The van der Waals surface area contributed by atoms with Gasteiger partial charge in [0, 0.05) is 31.1 Å². The van der Waals surface area contributed by atoms with Crippen LogP contribution in [-0.2, 0) is 0 Å². The Hall–Kier alpha value is -2.40. The molecule has 2 aromatic rings. The molecule has 0 aromatic heterocycles. The second-order valence-electron chi connectivity index (χ2n) is 6.54. The van der Waals surface area contributed by atoms with Crippen LogP contribution in [0.5, 0.6) is 11.5 Å². The van der Waals surface area contributed by atoms with Crippen molar-refractivity contribution in [2.24, 2.45) is 0 Å². The molecular weight excluding hydrogens is 333 g/mol. The number of ketones is 1. The summed E-state index contributed by atoms with van der Waals surface area (Å²) in [6.07, 6.45) is 2.41. The molecule has 1 saturated heterocycles. The highest BCUT2D eigenvalue weighted by Gasteiger charge is 2.23. The minimum atomic E-state index is -0.319. The molecule has 26 heavy (non-hydrogen) atoms. The van der Waals surface area contributed by atoms with Crippen LogP contribution in [0.1, 0.15) is 29.6 Å². The number of hydrogen-bond donors (Lipinski definition) is 0. The number of rotatable bonds is 8. The SMILES string of the molecule is COc1cccc(O[C@H]2CCN(CCCC(=O)c3ccc(F)cc3)C2)c1. The maximum absolute atomic E-state index is 12.9. The zero-order valence-corrected chi connectivity index (χ0v) is 15.0. The van der Waals surface area contributed by atoms with Crippen LogP contribution in [0, 0.1) is 5.82 Å². The molecule has 4 nitrogen and oxygen atoms in total. The number of nitrogens with zero attached hydrogens (tertiary/aromatic N) is 1. The average Bonchev–Trinajstić information content (AvgIpc) is 3.09. The molecule has 1 heterocycles. The van der Waals surface area contributed by atoms with E-state index in [-0.39, 0.29) is 17.7 Å². The first-order chi connectivity index (χ1) is 12.6. The zero-order valence-electron chi connectivity index (χ0n) is 15.0. The fourth-order valence-electron chi connectivity index (χ4n) is 3.21. The van der Waals surface area contributed by atoms with Crippen LogP contribution in [0.15, 0.2) is 48.5 Å². The van der Waals surface area contributed by atoms with Gasteiger partial charge in [-0.2, -0.15) is 0 Å². The molecule has 0 bridgehead atoms. The van der Waals surface area contributed by atoms with E-state index >= 15 is 0 Å². The van der Waals surface area contributed by atoms with Gasteiger partial charge in [0.1, 0.15) is 23.4 Å². The van der Waals surface area contributed by atoms with Gasteiger partial charge in [-0.05, 0) is 55.8 Å². The van der Waals surface area contributed by atoms with Gasteiger partial charge >= 0.3 is 0 Å². The van der Waals surface area contributed by atoms with Crippen LogP contribution in [0.2, 0.25) is 0 Å². The van der Waals surface area contributed by atoms with Crippen LogP contribution in [0.4, 0.5) is 4.39 Å². The first-order valence-electron chi connectivity index (χ1n) is 8.96. The number of Topliss-reactive ketones (excluding diaryl/α,β-unsaturated/α-hetero) is 1. The molecule has 0 spiro atoms. The van der Waals surface area contributed by atoms with Crippen molar-refractivity contribution < 1.29 is 18.7 Å². The van der Waals surface area contributed by atoms with Crippen LogP contribution in [0.25, 0.3) is 0 Å². The normalized spacial score (nSPS) is 17.2. The molecule has 5 heteroatoms. The van der Waals surface area contributed by atoms with E-state index in [0.29, 0.717) is 12.0 Å².